The third-order valence-electron chi connectivity index (χ3n) is 5.82. The standard InChI is InChI=1S/C26H25N3O5S/c1-35-11-10-23(24(30)28-17-12-16(25(31)32)13-27-14-17)29-26(33)34-15-22-20-8-4-2-6-18(20)19-7-3-5-9-21(19)22/h2-9,12-14,22-23H,10-11,15H2,1H3,(H,28,30)(H,29,33)(H,31,32)/t23-/m0/s1. The van der Waals surface area contributed by atoms with Crippen molar-refractivity contribution in [3.05, 3.63) is 83.7 Å². The van der Waals surface area contributed by atoms with Crippen LogP contribution in [-0.4, -0.2) is 52.7 Å². The molecule has 3 aromatic rings. The van der Waals surface area contributed by atoms with E-state index in [1.807, 2.05) is 42.7 Å². The lowest BCUT2D eigenvalue weighted by Crippen LogP contribution is -2.44. The third kappa shape index (κ3) is 5.63. The molecule has 2 amide bonds. The van der Waals surface area contributed by atoms with Gasteiger partial charge in [0, 0.05) is 12.1 Å². The summed E-state index contributed by atoms with van der Waals surface area (Å²) in [6.45, 7) is 0.140. The van der Waals surface area contributed by atoms with Crippen molar-refractivity contribution in [2.75, 3.05) is 23.9 Å². The molecule has 35 heavy (non-hydrogen) atoms. The minimum absolute atomic E-state index is 0.0482. The molecule has 0 aliphatic heterocycles. The second kappa shape index (κ2) is 11.1. The first-order valence-corrected chi connectivity index (χ1v) is 12.5. The molecule has 4 rings (SSSR count). The van der Waals surface area contributed by atoms with E-state index in [2.05, 4.69) is 27.8 Å². The van der Waals surface area contributed by atoms with Gasteiger partial charge < -0.3 is 20.5 Å². The van der Waals surface area contributed by atoms with Crippen LogP contribution >= 0.6 is 11.8 Å². The van der Waals surface area contributed by atoms with Crippen LogP contribution in [0.2, 0.25) is 0 Å². The highest BCUT2D eigenvalue weighted by molar-refractivity contribution is 7.98. The number of fused-ring (bicyclic) bond motifs is 3. The van der Waals surface area contributed by atoms with E-state index >= 15 is 0 Å². The number of carboxylic acids is 1. The van der Waals surface area contributed by atoms with Gasteiger partial charge in [0.1, 0.15) is 12.6 Å². The Morgan fingerprint density at radius 1 is 1.06 bits per heavy atom. The normalized spacial score (nSPS) is 12.8. The van der Waals surface area contributed by atoms with Crippen LogP contribution in [0.4, 0.5) is 10.5 Å². The summed E-state index contributed by atoms with van der Waals surface area (Å²) in [7, 11) is 0. The molecule has 180 valence electrons. The van der Waals surface area contributed by atoms with Gasteiger partial charge in [0.25, 0.3) is 0 Å². The lowest BCUT2D eigenvalue weighted by Gasteiger charge is -2.19. The Morgan fingerprint density at radius 3 is 2.34 bits per heavy atom. The van der Waals surface area contributed by atoms with Gasteiger partial charge in [0.2, 0.25) is 5.91 Å². The second-order valence-corrected chi connectivity index (χ2v) is 9.05. The minimum atomic E-state index is -1.15. The first kappa shape index (κ1) is 24.3. The average Bonchev–Trinajstić information content (AvgIpc) is 3.19. The van der Waals surface area contributed by atoms with Crippen molar-refractivity contribution in [3.8, 4) is 11.1 Å². The van der Waals surface area contributed by atoms with Gasteiger partial charge in [-0.3, -0.25) is 9.78 Å². The topological polar surface area (TPSA) is 118 Å². The molecular formula is C26H25N3O5S. The van der Waals surface area contributed by atoms with Crippen LogP contribution in [0.25, 0.3) is 11.1 Å². The summed E-state index contributed by atoms with van der Waals surface area (Å²) in [6, 6.07) is 16.6. The number of carbonyl (C=O) groups is 3. The molecule has 1 aliphatic carbocycles. The number of hydrogen-bond acceptors (Lipinski definition) is 6. The van der Waals surface area contributed by atoms with E-state index in [9.17, 15) is 14.4 Å². The van der Waals surface area contributed by atoms with Crippen LogP contribution in [0.3, 0.4) is 0 Å². The van der Waals surface area contributed by atoms with Gasteiger partial charge in [0.05, 0.1) is 17.4 Å². The molecule has 0 saturated heterocycles. The number of aromatic nitrogens is 1. The van der Waals surface area contributed by atoms with Crippen molar-refractivity contribution < 1.29 is 24.2 Å². The monoisotopic (exact) mass is 491 g/mol. The second-order valence-electron chi connectivity index (χ2n) is 8.06. The van der Waals surface area contributed by atoms with E-state index in [0.29, 0.717) is 12.2 Å². The first-order chi connectivity index (χ1) is 17.0. The van der Waals surface area contributed by atoms with Crippen LogP contribution in [0.15, 0.2) is 67.0 Å². The Kier molecular flexibility index (Phi) is 7.67. The fraction of sp³-hybridized carbons (Fsp3) is 0.231. The Bertz CT molecular complexity index is 1200. The molecule has 0 unspecified atom stereocenters. The molecule has 0 radical (unpaired) electrons. The van der Waals surface area contributed by atoms with Crippen molar-refractivity contribution in [2.24, 2.45) is 0 Å². The molecule has 2 aromatic carbocycles. The van der Waals surface area contributed by atoms with Crippen LogP contribution in [-0.2, 0) is 9.53 Å². The first-order valence-electron chi connectivity index (χ1n) is 11.1. The van der Waals surface area contributed by atoms with Gasteiger partial charge in [-0.05, 0) is 46.7 Å². The summed E-state index contributed by atoms with van der Waals surface area (Å²) in [5, 5.41) is 14.4. The van der Waals surface area contributed by atoms with Gasteiger partial charge in [-0.2, -0.15) is 11.8 Å². The summed E-state index contributed by atoms with van der Waals surface area (Å²) in [5.74, 6) is -1.08. The van der Waals surface area contributed by atoms with Gasteiger partial charge in [-0.25, -0.2) is 9.59 Å². The molecule has 3 N–H and O–H groups in total. The highest BCUT2D eigenvalue weighted by Crippen LogP contribution is 2.44. The molecule has 0 bridgehead atoms. The van der Waals surface area contributed by atoms with Crippen LogP contribution < -0.4 is 10.6 Å². The molecule has 1 aromatic heterocycles. The van der Waals surface area contributed by atoms with Crippen LogP contribution in [0.5, 0.6) is 0 Å². The SMILES string of the molecule is CSCC[C@H](NC(=O)OCC1c2ccccc2-c2ccccc21)C(=O)Nc1cncc(C(=O)O)c1. The zero-order valence-corrected chi connectivity index (χ0v) is 19.9. The Morgan fingerprint density at radius 2 is 1.71 bits per heavy atom. The quantitative estimate of drug-likeness (QED) is 0.407. The molecule has 1 heterocycles. The summed E-state index contributed by atoms with van der Waals surface area (Å²) in [6.07, 6.45) is 4.14. The van der Waals surface area contributed by atoms with Crippen molar-refractivity contribution >= 4 is 35.4 Å². The van der Waals surface area contributed by atoms with Crippen LogP contribution in [0.1, 0.15) is 33.8 Å². The molecule has 0 spiro atoms. The lowest BCUT2D eigenvalue weighted by molar-refractivity contribution is -0.118. The number of benzene rings is 2. The summed E-state index contributed by atoms with van der Waals surface area (Å²) < 4.78 is 5.57. The number of nitrogens with zero attached hydrogens (tertiary/aromatic N) is 1. The van der Waals surface area contributed by atoms with E-state index in [1.54, 1.807) is 11.8 Å². The fourth-order valence-corrected chi connectivity index (χ4v) is 4.61. The maximum atomic E-state index is 12.9. The molecule has 1 atom stereocenters. The molecule has 1 aliphatic rings. The van der Waals surface area contributed by atoms with E-state index in [0.717, 1.165) is 22.3 Å². The van der Waals surface area contributed by atoms with Crippen LogP contribution in [0, 0.1) is 0 Å². The largest absolute Gasteiger partial charge is 0.478 e. The number of nitrogens with one attached hydrogen (secondary N) is 2. The number of anilines is 1. The number of pyridine rings is 1. The van der Waals surface area contributed by atoms with E-state index in [4.69, 9.17) is 9.84 Å². The predicted octanol–water partition coefficient (Wildman–Crippen LogP) is 4.38. The van der Waals surface area contributed by atoms with Crippen molar-refractivity contribution in [3.63, 3.8) is 0 Å². The average molecular weight is 492 g/mol. The van der Waals surface area contributed by atoms with Gasteiger partial charge in [-0.1, -0.05) is 48.5 Å². The van der Waals surface area contributed by atoms with Crippen molar-refractivity contribution in [1.29, 1.82) is 0 Å². The molecule has 8 nitrogen and oxygen atoms in total. The Hall–Kier alpha value is -3.85. The number of aromatic carboxylic acids is 1. The van der Waals surface area contributed by atoms with Crippen molar-refractivity contribution in [2.45, 2.75) is 18.4 Å². The molecule has 9 heteroatoms. The van der Waals surface area contributed by atoms with Gasteiger partial charge in [-0.15, -0.1) is 0 Å². The van der Waals surface area contributed by atoms with E-state index in [1.165, 1.54) is 18.5 Å². The number of amides is 2. The number of alkyl carbamates (subject to hydrolysis) is 1. The summed E-state index contributed by atoms with van der Waals surface area (Å²) in [5.41, 5.74) is 4.65. The number of hydrogen-bond donors (Lipinski definition) is 3. The van der Waals surface area contributed by atoms with Gasteiger partial charge in [0.15, 0.2) is 0 Å². The summed E-state index contributed by atoms with van der Waals surface area (Å²) >= 11 is 1.54. The minimum Gasteiger partial charge on any atom is -0.478 e. The van der Waals surface area contributed by atoms with Crippen molar-refractivity contribution in [1.82, 2.24) is 10.3 Å². The number of ether oxygens (including phenoxy) is 1. The molecular weight excluding hydrogens is 466 g/mol. The zero-order valence-electron chi connectivity index (χ0n) is 19.1. The fourth-order valence-electron chi connectivity index (χ4n) is 4.14. The zero-order chi connectivity index (χ0) is 24.8. The van der Waals surface area contributed by atoms with Gasteiger partial charge >= 0.3 is 12.1 Å². The third-order valence-corrected chi connectivity index (χ3v) is 6.46. The highest BCUT2D eigenvalue weighted by atomic mass is 32.2. The highest BCUT2D eigenvalue weighted by Gasteiger charge is 2.29. The maximum Gasteiger partial charge on any atom is 0.407 e. The molecule has 0 saturated carbocycles. The predicted molar refractivity (Wildman–Crippen MR) is 135 cm³/mol. The lowest BCUT2D eigenvalue weighted by atomic mass is 9.98. The molecule has 0 fully saturated rings. The number of carbonyl (C=O) groups excluding carboxylic acids is 2. The Balaban J connectivity index is 1.41. The van der Waals surface area contributed by atoms with E-state index in [-0.39, 0.29) is 23.8 Å². The number of thioether (sulfide) groups is 1. The Labute approximate surface area is 207 Å². The van der Waals surface area contributed by atoms with E-state index < -0.39 is 24.0 Å². The summed E-state index contributed by atoms with van der Waals surface area (Å²) in [4.78, 5) is 40.6. The number of carboxylic acid groups (broad SMARTS) is 1. The smallest absolute Gasteiger partial charge is 0.407 e. The maximum absolute atomic E-state index is 12.9. The number of rotatable bonds is 9.